The summed E-state index contributed by atoms with van der Waals surface area (Å²) in [4.78, 5) is 13.9. The van der Waals surface area contributed by atoms with Crippen molar-refractivity contribution in [3.8, 4) is 0 Å². The van der Waals surface area contributed by atoms with Crippen molar-refractivity contribution in [1.29, 1.82) is 0 Å². The highest BCUT2D eigenvalue weighted by Crippen LogP contribution is 2.26. The van der Waals surface area contributed by atoms with Crippen LogP contribution in [0.4, 0.5) is 11.5 Å². The van der Waals surface area contributed by atoms with E-state index < -0.39 is 0 Å². The van der Waals surface area contributed by atoms with Gasteiger partial charge in [0.1, 0.15) is 12.1 Å². The van der Waals surface area contributed by atoms with E-state index >= 15 is 0 Å². The Kier molecular flexibility index (Phi) is 4.03. The number of aromatic nitrogens is 2. The van der Waals surface area contributed by atoms with Crippen LogP contribution < -0.4 is 9.80 Å². The van der Waals surface area contributed by atoms with E-state index in [0.29, 0.717) is 0 Å². The molecule has 4 heteroatoms. The lowest BCUT2D eigenvalue weighted by molar-refractivity contribution is 0.649. The number of para-hydroxylation sites is 1. The molecule has 0 radical (unpaired) electrons. The lowest BCUT2D eigenvalue weighted by atomic mass is 10.1. The summed E-state index contributed by atoms with van der Waals surface area (Å²) in [6.45, 7) is 6.18. The molecule has 0 spiro atoms. The minimum absolute atomic E-state index is 0.983. The van der Waals surface area contributed by atoms with Gasteiger partial charge in [-0.15, -0.1) is 0 Å². The second-order valence-corrected chi connectivity index (χ2v) is 6.21. The molecule has 1 fully saturated rings. The van der Waals surface area contributed by atoms with Gasteiger partial charge >= 0.3 is 0 Å². The molecule has 4 nitrogen and oxygen atoms in total. The van der Waals surface area contributed by atoms with Crippen LogP contribution in [0.2, 0.25) is 0 Å². The van der Waals surface area contributed by atoms with Crippen LogP contribution in [0.15, 0.2) is 54.9 Å². The molecule has 24 heavy (non-hydrogen) atoms. The van der Waals surface area contributed by atoms with E-state index in [2.05, 4.69) is 75.2 Å². The van der Waals surface area contributed by atoms with Crippen LogP contribution in [0.3, 0.4) is 0 Å². The maximum atomic E-state index is 4.60. The van der Waals surface area contributed by atoms with Crippen LogP contribution >= 0.6 is 0 Å². The first-order chi connectivity index (χ1) is 11.8. The van der Waals surface area contributed by atoms with Crippen molar-refractivity contribution in [3.05, 3.63) is 60.4 Å². The quantitative estimate of drug-likeness (QED) is 0.739. The molecule has 1 saturated heterocycles. The molecule has 2 heterocycles. The van der Waals surface area contributed by atoms with Crippen molar-refractivity contribution >= 4 is 22.4 Å². The monoisotopic (exact) mass is 318 g/mol. The van der Waals surface area contributed by atoms with E-state index in [0.717, 1.165) is 43.9 Å². The molecule has 3 aromatic rings. The van der Waals surface area contributed by atoms with Gasteiger partial charge in [-0.1, -0.05) is 31.2 Å². The van der Waals surface area contributed by atoms with Gasteiger partial charge in [-0.05, 0) is 36.2 Å². The summed E-state index contributed by atoms with van der Waals surface area (Å²) in [5.74, 6) is 1.07. The van der Waals surface area contributed by atoms with Gasteiger partial charge in [0.2, 0.25) is 0 Å². The predicted octanol–water partition coefficient (Wildman–Crippen LogP) is 3.52. The molecule has 0 aliphatic carbocycles. The Morgan fingerprint density at radius 1 is 0.875 bits per heavy atom. The zero-order chi connectivity index (χ0) is 16.4. The van der Waals surface area contributed by atoms with Crippen LogP contribution in [0.25, 0.3) is 10.9 Å². The fraction of sp³-hybridized carbons (Fsp3) is 0.300. The lowest BCUT2D eigenvalue weighted by Crippen LogP contribution is -2.46. The van der Waals surface area contributed by atoms with Crippen molar-refractivity contribution in [3.63, 3.8) is 0 Å². The number of hydrogen-bond acceptors (Lipinski definition) is 4. The molecule has 1 aromatic heterocycles. The van der Waals surface area contributed by atoms with E-state index in [1.54, 1.807) is 6.33 Å². The van der Waals surface area contributed by atoms with Crippen LogP contribution in [0.5, 0.6) is 0 Å². The van der Waals surface area contributed by atoms with Gasteiger partial charge in [-0.25, -0.2) is 9.97 Å². The molecule has 1 aliphatic heterocycles. The van der Waals surface area contributed by atoms with Crippen molar-refractivity contribution in [1.82, 2.24) is 9.97 Å². The molecule has 0 atom stereocenters. The van der Waals surface area contributed by atoms with E-state index in [1.165, 1.54) is 16.6 Å². The first kappa shape index (κ1) is 14.9. The summed E-state index contributed by atoms with van der Waals surface area (Å²) in [6, 6.07) is 17.2. The summed E-state index contributed by atoms with van der Waals surface area (Å²) < 4.78 is 0. The van der Waals surface area contributed by atoms with Gasteiger partial charge in [0.05, 0.1) is 5.52 Å². The van der Waals surface area contributed by atoms with Gasteiger partial charge in [0.15, 0.2) is 0 Å². The highest BCUT2D eigenvalue weighted by molar-refractivity contribution is 5.90. The van der Waals surface area contributed by atoms with E-state index in [1.807, 2.05) is 0 Å². The highest BCUT2D eigenvalue weighted by Gasteiger charge is 2.20. The molecule has 1 aliphatic rings. The number of anilines is 2. The average molecular weight is 318 g/mol. The minimum Gasteiger partial charge on any atom is -0.368 e. The number of nitrogens with zero attached hydrogens (tertiary/aromatic N) is 4. The molecule has 122 valence electrons. The number of aryl methyl sites for hydroxylation is 1. The third kappa shape index (κ3) is 2.80. The van der Waals surface area contributed by atoms with Crippen LogP contribution in [0.1, 0.15) is 12.5 Å². The van der Waals surface area contributed by atoms with Crippen molar-refractivity contribution in [2.45, 2.75) is 13.3 Å². The zero-order valence-electron chi connectivity index (χ0n) is 14.0. The maximum Gasteiger partial charge on any atom is 0.140 e. The molecule has 0 unspecified atom stereocenters. The Labute approximate surface area is 142 Å². The number of fused-ring (bicyclic) bond motifs is 1. The SMILES string of the molecule is CCc1ccc2ncnc(N3CCN(c4ccccc4)CC3)c2c1. The molecule has 4 rings (SSSR count). The summed E-state index contributed by atoms with van der Waals surface area (Å²) >= 11 is 0. The van der Waals surface area contributed by atoms with Gasteiger partial charge < -0.3 is 9.80 Å². The van der Waals surface area contributed by atoms with Crippen LogP contribution in [0, 0.1) is 0 Å². The topological polar surface area (TPSA) is 32.3 Å². The van der Waals surface area contributed by atoms with E-state index in [9.17, 15) is 0 Å². The predicted molar refractivity (Wildman–Crippen MR) is 99.8 cm³/mol. The third-order valence-corrected chi connectivity index (χ3v) is 4.79. The fourth-order valence-electron chi connectivity index (χ4n) is 3.38. The van der Waals surface area contributed by atoms with Crippen molar-refractivity contribution in [2.24, 2.45) is 0 Å². The standard InChI is InChI=1S/C20H22N4/c1-2-16-8-9-19-18(14-16)20(22-15-21-19)24-12-10-23(11-13-24)17-6-4-3-5-7-17/h3-9,14-15H,2,10-13H2,1H3. The largest absolute Gasteiger partial charge is 0.368 e. The third-order valence-electron chi connectivity index (χ3n) is 4.79. The fourth-order valence-corrected chi connectivity index (χ4v) is 3.38. The summed E-state index contributed by atoms with van der Waals surface area (Å²) in [5, 5.41) is 1.17. The van der Waals surface area contributed by atoms with Crippen molar-refractivity contribution in [2.75, 3.05) is 36.0 Å². The Bertz CT molecular complexity index is 823. The minimum atomic E-state index is 0.983. The lowest BCUT2D eigenvalue weighted by Gasteiger charge is -2.37. The van der Waals surface area contributed by atoms with Crippen molar-refractivity contribution < 1.29 is 0 Å². The molecular formula is C20H22N4. The summed E-state index contributed by atoms with van der Waals surface area (Å²) in [5.41, 5.74) is 3.67. The molecule has 0 N–H and O–H groups in total. The van der Waals surface area contributed by atoms with Gasteiger partial charge in [-0.2, -0.15) is 0 Å². The second-order valence-electron chi connectivity index (χ2n) is 6.21. The maximum absolute atomic E-state index is 4.60. The van der Waals surface area contributed by atoms with Crippen LogP contribution in [-0.2, 0) is 6.42 Å². The summed E-state index contributed by atoms with van der Waals surface area (Å²) in [6.07, 6.45) is 2.72. The Morgan fingerprint density at radius 3 is 2.38 bits per heavy atom. The number of benzene rings is 2. The van der Waals surface area contributed by atoms with E-state index in [-0.39, 0.29) is 0 Å². The first-order valence-electron chi connectivity index (χ1n) is 8.64. The second kappa shape index (κ2) is 6.48. The molecule has 0 saturated carbocycles. The smallest absolute Gasteiger partial charge is 0.140 e. The number of hydrogen-bond donors (Lipinski definition) is 0. The average Bonchev–Trinajstić information content (AvgIpc) is 2.68. The first-order valence-corrected chi connectivity index (χ1v) is 8.64. The summed E-state index contributed by atoms with van der Waals surface area (Å²) in [7, 11) is 0. The molecule has 0 bridgehead atoms. The van der Waals surface area contributed by atoms with Gasteiger partial charge in [0, 0.05) is 37.3 Å². The van der Waals surface area contributed by atoms with Gasteiger partial charge in [-0.3, -0.25) is 0 Å². The Balaban J connectivity index is 1.58. The van der Waals surface area contributed by atoms with E-state index in [4.69, 9.17) is 0 Å². The number of rotatable bonds is 3. The van der Waals surface area contributed by atoms with Gasteiger partial charge in [0.25, 0.3) is 0 Å². The molecular weight excluding hydrogens is 296 g/mol. The molecule has 2 aromatic carbocycles. The molecule has 0 amide bonds. The zero-order valence-corrected chi connectivity index (χ0v) is 14.0. The Morgan fingerprint density at radius 2 is 1.62 bits per heavy atom. The van der Waals surface area contributed by atoms with Crippen LogP contribution in [-0.4, -0.2) is 36.1 Å². The Hall–Kier alpha value is -2.62. The normalized spacial score (nSPS) is 15.0. The number of piperazine rings is 1. The highest BCUT2D eigenvalue weighted by atomic mass is 15.3.